The highest BCUT2D eigenvalue weighted by Gasteiger charge is 2.33. The minimum Gasteiger partial charge on any atom is -0.322 e. The molecule has 0 fully saturated rings. The van der Waals surface area contributed by atoms with Crippen molar-refractivity contribution in [1.29, 1.82) is 0 Å². The average molecular weight is 445 g/mol. The minimum atomic E-state index is -0.404. The summed E-state index contributed by atoms with van der Waals surface area (Å²) in [5.41, 5.74) is 4.46. The van der Waals surface area contributed by atoms with E-state index in [-0.39, 0.29) is 11.1 Å². The van der Waals surface area contributed by atoms with Crippen LogP contribution in [0.15, 0.2) is 53.3 Å². The first kappa shape index (κ1) is 22.9. The number of fused-ring (bicyclic) bond motifs is 1. The van der Waals surface area contributed by atoms with Crippen LogP contribution >= 0.6 is 0 Å². The lowest BCUT2D eigenvalue weighted by Crippen LogP contribution is -2.37. The maximum Gasteiger partial charge on any atom is 0.253 e. The molecule has 0 aliphatic rings. The highest BCUT2D eigenvalue weighted by atomic mass is 16.1. The van der Waals surface area contributed by atoms with Crippen LogP contribution < -0.4 is 5.56 Å². The molecule has 7 nitrogen and oxygen atoms in total. The molecule has 1 N–H and O–H groups in total. The molecule has 4 rings (SSSR count). The molecule has 4 aromatic rings. The molecule has 172 valence electrons. The van der Waals surface area contributed by atoms with E-state index in [0.29, 0.717) is 17.9 Å². The summed E-state index contributed by atoms with van der Waals surface area (Å²) >= 11 is 0. The molecule has 7 heteroatoms. The Hall–Kier alpha value is -3.32. The number of aromatic amines is 1. The molecule has 0 aliphatic heterocycles. The summed E-state index contributed by atoms with van der Waals surface area (Å²) in [6, 6.07) is 16.0. The van der Waals surface area contributed by atoms with Gasteiger partial charge in [0.2, 0.25) is 0 Å². The number of aromatic nitrogens is 5. The van der Waals surface area contributed by atoms with Crippen molar-refractivity contribution in [3.8, 4) is 0 Å². The smallest absolute Gasteiger partial charge is 0.253 e. The van der Waals surface area contributed by atoms with Crippen molar-refractivity contribution in [3.05, 3.63) is 87.0 Å². The molecule has 2 heterocycles. The quantitative estimate of drug-likeness (QED) is 0.474. The van der Waals surface area contributed by atoms with E-state index in [4.69, 9.17) is 0 Å². The largest absolute Gasteiger partial charge is 0.322 e. The van der Waals surface area contributed by atoms with Gasteiger partial charge in [-0.2, -0.15) is 0 Å². The fraction of sp³-hybridized carbons (Fsp3) is 0.385. The summed E-state index contributed by atoms with van der Waals surface area (Å²) in [5, 5.41) is 13.8. The van der Waals surface area contributed by atoms with Gasteiger partial charge in [0, 0.05) is 23.0 Å². The highest BCUT2D eigenvalue weighted by Crippen LogP contribution is 2.31. The summed E-state index contributed by atoms with van der Waals surface area (Å²) in [4.78, 5) is 18.8. The Labute approximate surface area is 194 Å². The van der Waals surface area contributed by atoms with E-state index in [1.165, 1.54) is 5.56 Å². The van der Waals surface area contributed by atoms with Gasteiger partial charge in [-0.05, 0) is 80.4 Å². The second-order valence-corrected chi connectivity index (χ2v) is 9.67. The number of rotatable bonds is 6. The first-order valence-corrected chi connectivity index (χ1v) is 11.4. The molecule has 1 unspecified atom stereocenters. The normalized spacial score (nSPS) is 13.1. The van der Waals surface area contributed by atoms with Crippen molar-refractivity contribution in [2.45, 2.75) is 59.7 Å². The maximum absolute atomic E-state index is 13.5. The Kier molecular flexibility index (Phi) is 6.17. The van der Waals surface area contributed by atoms with Crippen molar-refractivity contribution in [2.75, 3.05) is 6.54 Å². The average Bonchev–Trinajstić information content (AvgIpc) is 3.24. The van der Waals surface area contributed by atoms with Crippen molar-refractivity contribution < 1.29 is 0 Å². The van der Waals surface area contributed by atoms with E-state index in [1.54, 1.807) is 0 Å². The van der Waals surface area contributed by atoms with Crippen LogP contribution in [0.3, 0.4) is 0 Å². The maximum atomic E-state index is 13.5. The third-order valence-corrected chi connectivity index (χ3v) is 6.01. The summed E-state index contributed by atoms with van der Waals surface area (Å²) in [5.74, 6) is 0.662. The number of nitrogens with zero attached hydrogens (tertiary/aromatic N) is 5. The molecule has 0 spiro atoms. The van der Waals surface area contributed by atoms with Crippen LogP contribution in [0, 0.1) is 13.8 Å². The van der Waals surface area contributed by atoms with Crippen LogP contribution in [0.1, 0.15) is 61.8 Å². The number of aryl methyl sites for hydroxylation is 2. The molecule has 33 heavy (non-hydrogen) atoms. The van der Waals surface area contributed by atoms with Crippen molar-refractivity contribution in [2.24, 2.45) is 0 Å². The second kappa shape index (κ2) is 8.90. The second-order valence-electron chi connectivity index (χ2n) is 9.67. The van der Waals surface area contributed by atoms with Crippen LogP contribution in [0.4, 0.5) is 0 Å². The predicted octanol–water partition coefficient (Wildman–Crippen LogP) is 4.50. The lowest BCUT2D eigenvalue weighted by molar-refractivity contribution is 0.202. The third kappa shape index (κ3) is 4.59. The topological polar surface area (TPSA) is 79.7 Å². The van der Waals surface area contributed by atoms with Gasteiger partial charge in [-0.15, -0.1) is 5.10 Å². The van der Waals surface area contributed by atoms with Gasteiger partial charge in [0.05, 0.1) is 5.54 Å². The number of pyridine rings is 1. The minimum absolute atomic E-state index is 0.118. The SMILES string of the molecule is CCN(Cc1ccccc1)C(c1cc2c(C)cc(C)cc2[nH]c1=O)c1nnnn1C(C)(C)C. The molecule has 2 aromatic heterocycles. The number of benzene rings is 2. The third-order valence-electron chi connectivity index (χ3n) is 6.01. The number of tetrazole rings is 1. The molecule has 2 aromatic carbocycles. The molecule has 0 saturated heterocycles. The first-order chi connectivity index (χ1) is 15.7. The van der Waals surface area contributed by atoms with Crippen LogP contribution in [-0.2, 0) is 12.1 Å². The van der Waals surface area contributed by atoms with Gasteiger partial charge in [0.1, 0.15) is 6.04 Å². The Balaban J connectivity index is 1.94. The van der Waals surface area contributed by atoms with Gasteiger partial charge in [0.25, 0.3) is 5.56 Å². The van der Waals surface area contributed by atoms with E-state index >= 15 is 0 Å². The van der Waals surface area contributed by atoms with Gasteiger partial charge in [-0.25, -0.2) is 4.68 Å². The molecule has 0 radical (unpaired) electrons. The van der Waals surface area contributed by atoms with Gasteiger partial charge < -0.3 is 4.98 Å². The first-order valence-electron chi connectivity index (χ1n) is 11.4. The summed E-state index contributed by atoms with van der Waals surface area (Å²) in [6.07, 6.45) is 0. The zero-order valence-electron chi connectivity index (χ0n) is 20.3. The van der Waals surface area contributed by atoms with Crippen LogP contribution in [0.25, 0.3) is 10.9 Å². The number of H-pyrrole nitrogens is 1. The lowest BCUT2D eigenvalue weighted by atomic mass is 9.98. The predicted molar refractivity (Wildman–Crippen MR) is 131 cm³/mol. The van der Waals surface area contributed by atoms with Crippen molar-refractivity contribution >= 4 is 10.9 Å². The van der Waals surface area contributed by atoms with Gasteiger partial charge in [0.15, 0.2) is 5.82 Å². The molecular weight excluding hydrogens is 412 g/mol. The van der Waals surface area contributed by atoms with E-state index in [0.717, 1.165) is 28.6 Å². The Morgan fingerprint density at radius 2 is 1.82 bits per heavy atom. The van der Waals surface area contributed by atoms with Gasteiger partial charge >= 0.3 is 0 Å². The molecule has 0 saturated carbocycles. The Morgan fingerprint density at radius 3 is 2.48 bits per heavy atom. The van der Waals surface area contributed by atoms with Crippen LogP contribution in [0.2, 0.25) is 0 Å². The van der Waals surface area contributed by atoms with E-state index < -0.39 is 6.04 Å². The molecule has 0 bridgehead atoms. The van der Waals surface area contributed by atoms with Crippen molar-refractivity contribution in [1.82, 2.24) is 30.1 Å². The molecule has 0 aliphatic carbocycles. The fourth-order valence-corrected chi connectivity index (χ4v) is 4.44. The van der Waals surface area contributed by atoms with E-state index in [2.05, 4.69) is 78.2 Å². The Bertz CT molecular complexity index is 1320. The number of hydrogen-bond acceptors (Lipinski definition) is 5. The summed E-state index contributed by atoms with van der Waals surface area (Å²) < 4.78 is 1.83. The highest BCUT2D eigenvalue weighted by molar-refractivity contribution is 5.83. The van der Waals surface area contributed by atoms with Gasteiger partial charge in [-0.3, -0.25) is 9.69 Å². The van der Waals surface area contributed by atoms with Crippen molar-refractivity contribution in [3.63, 3.8) is 0 Å². The fourth-order valence-electron chi connectivity index (χ4n) is 4.44. The van der Waals surface area contributed by atoms with E-state index in [1.807, 2.05) is 41.9 Å². The Morgan fingerprint density at radius 1 is 1.09 bits per heavy atom. The molecular formula is C26H32N6O. The monoisotopic (exact) mass is 444 g/mol. The van der Waals surface area contributed by atoms with Crippen LogP contribution in [0.5, 0.6) is 0 Å². The number of nitrogens with one attached hydrogen (secondary N) is 1. The van der Waals surface area contributed by atoms with Gasteiger partial charge in [-0.1, -0.05) is 43.3 Å². The standard InChI is InChI=1S/C26H32N6O/c1-7-31(16-19-11-9-8-10-12-19)23(24-28-29-30-32(24)26(4,5)6)21-15-20-18(3)13-17(2)14-22(20)27-25(21)33/h8-15,23H,7,16H2,1-6H3,(H,27,33). The van der Waals surface area contributed by atoms with E-state index in [9.17, 15) is 4.79 Å². The number of hydrogen-bond donors (Lipinski definition) is 1. The summed E-state index contributed by atoms with van der Waals surface area (Å²) in [7, 11) is 0. The lowest BCUT2D eigenvalue weighted by Gasteiger charge is -2.32. The zero-order chi connectivity index (χ0) is 23.8. The van der Waals surface area contributed by atoms with Crippen LogP contribution in [-0.4, -0.2) is 36.6 Å². The zero-order valence-corrected chi connectivity index (χ0v) is 20.3. The molecule has 1 atom stereocenters. The molecule has 0 amide bonds. The summed E-state index contributed by atoms with van der Waals surface area (Å²) in [6.45, 7) is 13.8.